The molecule has 3 aromatic rings. The first kappa shape index (κ1) is 11.8. The zero-order valence-corrected chi connectivity index (χ0v) is 10.3. The number of hydrogen-bond donors (Lipinski definition) is 0. The van der Waals surface area contributed by atoms with E-state index in [2.05, 4.69) is 9.97 Å². The Kier molecular flexibility index (Phi) is 2.96. The third kappa shape index (κ3) is 2.45. The van der Waals surface area contributed by atoms with Crippen LogP contribution in [0.25, 0.3) is 11.1 Å². The highest BCUT2D eigenvalue weighted by atomic mass is 32.2. The molecule has 0 radical (unpaired) electrons. The zero-order chi connectivity index (χ0) is 13.2. The molecule has 0 bridgehead atoms. The number of aromatic carboxylic acids is 1. The number of thioether (sulfide) groups is 1. The molecule has 2 heterocycles. The van der Waals surface area contributed by atoms with Crippen molar-refractivity contribution in [3.8, 4) is 0 Å². The molecular formula is C12H7N2O4S-. The van der Waals surface area contributed by atoms with Gasteiger partial charge in [0.25, 0.3) is 5.22 Å². The molecule has 0 fully saturated rings. The molecule has 0 aliphatic rings. The first-order valence-electron chi connectivity index (χ1n) is 5.36. The Balaban J connectivity index is 1.72. The molecule has 1 aromatic carbocycles. The van der Waals surface area contributed by atoms with Gasteiger partial charge in [0, 0.05) is 0 Å². The van der Waals surface area contributed by atoms with Crippen LogP contribution < -0.4 is 5.11 Å². The third-order valence-corrected chi connectivity index (χ3v) is 3.17. The summed E-state index contributed by atoms with van der Waals surface area (Å²) in [5.41, 5.74) is 1.26. The minimum Gasteiger partial charge on any atom is -0.543 e. The van der Waals surface area contributed by atoms with Crippen LogP contribution in [0.5, 0.6) is 0 Å². The average Bonchev–Trinajstić information content (AvgIpc) is 3.02. The second kappa shape index (κ2) is 4.77. The normalized spacial score (nSPS) is 10.9. The summed E-state index contributed by atoms with van der Waals surface area (Å²) in [6.07, 6.45) is 1.05. The lowest BCUT2D eigenvalue weighted by atomic mass is 10.3. The fourth-order valence-electron chi connectivity index (χ4n) is 1.51. The molecule has 0 N–H and O–H groups in total. The number of benzene rings is 1. The molecule has 0 amide bonds. The first-order valence-corrected chi connectivity index (χ1v) is 6.35. The van der Waals surface area contributed by atoms with Crippen LogP contribution in [-0.2, 0) is 5.75 Å². The SMILES string of the molecule is O=C([O-])c1coc(CSc2nc3ccccc3o2)n1. The Morgan fingerprint density at radius 2 is 2.16 bits per heavy atom. The lowest BCUT2D eigenvalue weighted by Gasteiger charge is -1.92. The Labute approximate surface area is 111 Å². The fraction of sp³-hybridized carbons (Fsp3) is 0.0833. The predicted molar refractivity (Wildman–Crippen MR) is 64.4 cm³/mol. The van der Waals surface area contributed by atoms with Crippen molar-refractivity contribution in [1.29, 1.82) is 0 Å². The fourth-order valence-corrected chi connectivity index (χ4v) is 2.20. The molecular weight excluding hydrogens is 268 g/mol. The van der Waals surface area contributed by atoms with Crippen LogP contribution in [0, 0.1) is 0 Å². The Morgan fingerprint density at radius 3 is 2.89 bits per heavy atom. The van der Waals surface area contributed by atoms with Gasteiger partial charge in [-0.25, -0.2) is 9.97 Å². The number of rotatable bonds is 4. The highest BCUT2D eigenvalue weighted by Gasteiger charge is 2.09. The summed E-state index contributed by atoms with van der Waals surface area (Å²) in [4.78, 5) is 18.6. The first-order chi connectivity index (χ1) is 9.22. The number of nitrogens with zero attached hydrogens (tertiary/aromatic N) is 2. The number of para-hydroxylation sites is 2. The topological polar surface area (TPSA) is 92.2 Å². The van der Waals surface area contributed by atoms with Gasteiger partial charge in [-0.3, -0.25) is 0 Å². The molecule has 0 saturated carbocycles. The molecule has 19 heavy (non-hydrogen) atoms. The van der Waals surface area contributed by atoms with Crippen molar-refractivity contribution in [2.24, 2.45) is 0 Å². The summed E-state index contributed by atoms with van der Waals surface area (Å²) in [5.74, 6) is -0.742. The van der Waals surface area contributed by atoms with Crippen molar-refractivity contribution in [2.75, 3.05) is 0 Å². The van der Waals surface area contributed by atoms with E-state index in [0.717, 1.165) is 11.8 Å². The van der Waals surface area contributed by atoms with E-state index in [1.54, 1.807) is 0 Å². The van der Waals surface area contributed by atoms with E-state index in [1.165, 1.54) is 11.8 Å². The van der Waals surface area contributed by atoms with Gasteiger partial charge in [0.1, 0.15) is 17.5 Å². The molecule has 0 atom stereocenters. The van der Waals surface area contributed by atoms with Crippen molar-refractivity contribution >= 4 is 28.8 Å². The number of carbonyl (C=O) groups is 1. The summed E-state index contributed by atoms with van der Waals surface area (Å²) in [6, 6.07) is 7.41. The lowest BCUT2D eigenvalue weighted by molar-refractivity contribution is -0.255. The molecule has 0 unspecified atom stereocenters. The summed E-state index contributed by atoms with van der Waals surface area (Å²) >= 11 is 1.28. The molecule has 7 heteroatoms. The highest BCUT2D eigenvalue weighted by Crippen LogP contribution is 2.25. The number of fused-ring (bicyclic) bond motifs is 1. The summed E-state index contributed by atoms with van der Waals surface area (Å²) in [5, 5.41) is 11.0. The zero-order valence-electron chi connectivity index (χ0n) is 9.53. The van der Waals surface area contributed by atoms with E-state index in [4.69, 9.17) is 8.83 Å². The standard InChI is InChI=1S/C12H8N2O4S/c15-11(16)8-5-17-10(13-8)6-19-12-14-7-3-1-2-4-9(7)18-12/h1-5H,6H2,(H,15,16)/p-1. The number of aromatic nitrogens is 2. The monoisotopic (exact) mass is 275 g/mol. The van der Waals surface area contributed by atoms with Crippen LogP contribution in [0.1, 0.15) is 16.4 Å². The third-order valence-electron chi connectivity index (χ3n) is 2.35. The second-order valence-corrected chi connectivity index (χ2v) is 4.58. The molecule has 0 saturated heterocycles. The van der Waals surface area contributed by atoms with Crippen LogP contribution in [-0.4, -0.2) is 15.9 Å². The van der Waals surface area contributed by atoms with Crippen LogP contribution in [0.4, 0.5) is 0 Å². The molecule has 0 aliphatic carbocycles. The van der Waals surface area contributed by atoms with Gasteiger partial charge >= 0.3 is 0 Å². The number of carboxylic acid groups (broad SMARTS) is 1. The number of hydrogen-bond acceptors (Lipinski definition) is 7. The van der Waals surface area contributed by atoms with E-state index >= 15 is 0 Å². The lowest BCUT2D eigenvalue weighted by Crippen LogP contribution is -2.22. The minimum atomic E-state index is -1.36. The largest absolute Gasteiger partial charge is 0.543 e. The van der Waals surface area contributed by atoms with Crippen LogP contribution in [0.2, 0.25) is 0 Å². The maximum Gasteiger partial charge on any atom is 0.257 e. The Morgan fingerprint density at radius 1 is 1.32 bits per heavy atom. The van der Waals surface area contributed by atoms with Gasteiger partial charge in [-0.05, 0) is 12.1 Å². The smallest absolute Gasteiger partial charge is 0.257 e. The molecule has 96 valence electrons. The van der Waals surface area contributed by atoms with E-state index in [9.17, 15) is 9.90 Å². The summed E-state index contributed by atoms with van der Waals surface area (Å²) < 4.78 is 10.5. The van der Waals surface area contributed by atoms with E-state index in [0.29, 0.717) is 16.6 Å². The van der Waals surface area contributed by atoms with Gasteiger partial charge in [-0.15, -0.1) is 0 Å². The van der Waals surface area contributed by atoms with Crippen LogP contribution >= 0.6 is 11.8 Å². The molecule has 6 nitrogen and oxygen atoms in total. The minimum absolute atomic E-state index is 0.215. The van der Waals surface area contributed by atoms with Crippen molar-refractivity contribution in [2.45, 2.75) is 11.0 Å². The molecule has 0 aliphatic heterocycles. The second-order valence-electron chi connectivity index (χ2n) is 3.65. The highest BCUT2D eigenvalue weighted by molar-refractivity contribution is 7.98. The molecule has 3 rings (SSSR count). The van der Waals surface area contributed by atoms with E-state index in [-0.39, 0.29) is 11.6 Å². The van der Waals surface area contributed by atoms with Crippen LogP contribution in [0.15, 0.2) is 44.6 Å². The van der Waals surface area contributed by atoms with Gasteiger partial charge < -0.3 is 18.7 Å². The number of oxazole rings is 2. The quantitative estimate of drug-likeness (QED) is 0.665. The maximum atomic E-state index is 10.5. The van der Waals surface area contributed by atoms with Crippen molar-refractivity contribution in [3.05, 3.63) is 42.1 Å². The number of carbonyl (C=O) groups excluding carboxylic acids is 1. The van der Waals surface area contributed by atoms with E-state index < -0.39 is 5.97 Å². The Hall–Kier alpha value is -2.28. The van der Waals surface area contributed by atoms with E-state index in [1.807, 2.05) is 24.3 Å². The molecule has 2 aromatic heterocycles. The van der Waals surface area contributed by atoms with Gasteiger partial charge in [0.15, 0.2) is 5.58 Å². The summed E-state index contributed by atoms with van der Waals surface area (Å²) in [6.45, 7) is 0. The maximum absolute atomic E-state index is 10.5. The van der Waals surface area contributed by atoms with Crippen molar-refractivity contribution in [3.63, 3.8) is 0 Å². The van der Waals surface area contributed by atoms with Crippen LogP contribution in [0.3, 0.4) is 0 Å². The van der Waals surface area contributed by atoms with Gasteiger partial charge in [0.05, 0.1) is 11.7 Å². The average molecular weight is 275 g/mol. The number of carboxylic acids is 1. The van der Waals surface area contributed by atoms with Crippen molar-refractivity contribution in [1.82, 2.24) is 9.97 Å². The van der Waals surface area contributed by atoms with Gasteiger partial charge in [-0.2, -0.15) is 0 Å². The predicted octanol–water partition coefficient (Wildman–Crippen LogP) is 1.47. The Bertz CT molecular complexity index is 701. The van der Waals surface area contributed by atoms with Gasteiger partial charge in [0.2, 0.25) is 5.89 Å². The summed E-state index contributed by atoms with van der Waals surface area (Å²) in [7, 11) is 0. The molecule has 0 spiro atoms. The van der Waals surface area contributed by atoms with Gasteiger partial charge in [-0.1, -0.05) is 23.9 Å². The van der Waals surface area contributed by atoms with Crippen molar-refractivity contribution < 1.29 is 18.7 Å².